The Hall–Kier alpha value is -1.85. The fourth-order valence-electron chi connectivity index (χ4n) is 1.57. The van der Waals surface area contributed by atoms with Crippen molar-refractivity contribution >= 4 is 11.6 Å². The first kappa shape index (κ1) is 15.2. The van der Waals surface area contributed by atoms with Crippen LogP contribution in [-0.4, -0.2) is 30.7 Å². The Labute approximate surface area is 113 Å². The van der Waals surface area contributed by atoms with Gasteiger partial charge in [-0.2, -0.15) is 0 Å². The molecule has 1 aromatic carbocycles. The average Bonchev–Trinajstić information content (AvgIpc) is 2.41. The minimum atomic E-state index is -0.144. The van der Waals surface area contributed by atoms with Gasteiger partial charge in [0.05, 0.1) is 19.8 Å². The van der Waals surface area contributed by atoms with E-state index in [1.807, 2.05) is 6.92 Å². The van der Waals surface area contributed by atoms with E-state index in [1.165, 1.54) is 0 Å². The van der Waals surface area contributed by atoms with Gasteiger partial charge < -0.3 is 20.5 Å². The second kappa shape index (κ2) is 8.29. The minimum absolute atomic E-state index is 0.131. The summed E-state index contributed by atoms with van der Waals surface area (Å²) in [5.74, 6) is 0.489. The van der Waals surface area contributed by atoms with E-state index >= 15 is 0 Å². The quantitative estimate of drug-likeness (QED) is 0.489. The molecule has 0 bridgehead atoms. The van der Waals surface area contributed by atoms with Gasteiger partial charge >= 0.3 is 0 Å². The highest BCUT2D eigenvalue weighted by atomic mass is 16.5. The Balaban J connectivity index is 2.63. The minimum Gasteiger partial charge on any atom is -0.494 e. The maximum Gasteiger partial charge on any atom is 0.238 e. The monoisotopic (exact) mass is 264 g/mol. The molecule has 0 fully saturated rings. The lowest BCUT2D eigenvalue weighted by Gasteiger charge is -2.11. The molecule has 3 N–H and O–H groups in total. The third-order valence-electron chi connectivity index (χ3n) is 2.39. The summed E-state index contributed by atoms with van der Waals surface area (Å²) in [4.78, 5) is 11.6. The van der Waals surface area contributed by atoms with Gasteiger partial charge in [-0.05, 0) is 25.1 Å². The summed E-state index contributed by atoms with van der Waals surface area (Å²) >= 11 is 0. The number of benzene rings is 1. The SMILES string of the molecule is C=CCNCC(=O)Nc1ccc(OCC)c(CO)c1. The molecule has 104 valence electrons. The summed E-state index contributed by atoms with van der Waals surface area (Å²) < 4.78 is 5.37. The first-order chi connectivity index (χ1) is 9.21. The molecule has 0 saturated carbocycles. The molecule has 5 nitrogen and oxygen atoms in total. The van der Waals surface area contributed by atoms with Crippen molar-refractivity contribution in [1.82, 2.24) is 5.32 Å². The molecule has 0 aliphatic carbocycles. The predicted molar refractivity (Wildman–Crippen MR) is 75.2 cm³/mol. The van der Waals surface area contributed by atoms with Gasteiger partial charge in [-0.1, -0.05) is 6.08 Å². The van der Waals surface area contributed by atoms with Gasteiger partial charge in [0.15, 0.2) is 0 Å². The number of hydrogen-bond donors (Lipinski definition) is 3. The van der Waals surface area contributed by atoms with Gasteiger partial charge in [0.1, 0.15) is 5.75 Å². The molecular formula is C14H20N2O3. The highest BCUT2D eigenvalue weighted by Crippen LogP contribution is 2.22. The molecule has 1 aromatic rings. The number of aliphatic hydroxyl groups excluding tert-OH is 1. The van der Waals surface area contributed by atoms with Gasteiger partial charge in [0.2, 0.25) is 5.91 Å². The standard InChI is InChI=1S/C14H20N2O3/c1-3-7-15-9-14(18)16-12-5-6-13(19-4-2)11(8-12)10-17/h3,5-6,8,15,17H,1,4,7,9-10H2,2H3,(H,16,18). The predicted octanol–water partition coefficient (Wildman–Crippen LogP) is 1.29. The number of carbonyl (C=O) groups excluding carboxylic acids is 1. The molecule has 0 aliphatic rings. The van der Waals surface area contributed by atoms with Crippen molar-refractivity contribution in [3.63, 3.8) is 0 Å². The van der Waals surface area contributed by atoms with Crippen LogP contribution < -0.4 is 15.4 Å². The number of carbonyl (C=O) groups is 1. The van der Waals surface area contributed by atoms with Crippen molar-refractivity contribution < 1.29 is 14.6 Å². The average molecular weight is 264 g/mol. The Bertz CT molecular complexity index is 433. The zero-order valence-electron chi connectivity index (χ0n) is 11.1. The van der Waals surface area contributed by atoms with Gasteiger partial charge in [-0.3, -0.25) is 4.79 Å². The van der Waals surface area contributed by atoms with Crippen LogP contribution in [0.4, 0.5) is 5.69 Å². The molecule has 0 aromatic heterocycles. The highest BCUT2D eigenvalue weighted by molar-refractivity contribution is 5.92. The zero-order valence-corrected chi connectivity index (χ0v) is 11.1. The molecule has 19 heavy (non-hydrogen) atoms. The summed E-state index contributed by atoms with van der Waals surface area (Å²) in [5.41, 5.74) is 1.29. The van der Waals surface area contributed by atoms with Crippen LogP contribution in [0.15, 0.2) is 30.9 Å². The van der Waals surface area contributed by atoms with Crippen LogP contribution in [0.2, 0.25) is 0 Å². The van der Waals surface area contributed by atoms with Crippen molar-refractivity contribution in [2.24, 2.45) is 0 Å². The molecule has 0 radical (unpaired) electrons. The van der Waals surface area contributed by atoms with Crippen molar-refractivity contribution in [3.8, 4) is 5.75 Å². The molecule has 0 saturated heterocycles. The van der Waals surface area contributed by atoms with Crippen LogP contribution in [0.1, 0.15) is 12.5 Å². The number of anilines is 1. The summed E-state index contributed by atoms with van der Waals surface area (Å²) in [6.07, 6.45) is 1.69. The van der Waals surface area contributed by atoms with Crippen LogP contribution in [0.5, 0.6) is 5.75 Å². The Morgan fingerprint density at radius 2 is 2.32 bits per heavy atom. The molecule has 5 heteroatoms. The van der Waals surface area contributed by atoms with Crippen LogP contribution in [0, 0.1) is 0 Å². The molecule has 0 spiro atoms. The van der Waals surface area contributed by atoms with Gasteiger partial charge in [-0.25, -0.2) is 0 Å². The van der Waals surface area contributed by atoms with Gasteiger partial charge in [0.25, 0.3) is 0 Å². The summed E-state index contributed by atoms with van der Waals surface area (Å²) in [7, 11) is 0. The highest BCUT2D eigenvalue weighted by Gasteiger charge is 2.06. The number of aliphatic hydroxyl groups is 1. The summed E-state index contributed by atoms with van der Waals surface area (Å²) in [6, 6.07) is 5.19. The van der Waals surface area contributed by atoms with E-state index in [2.05, 4.69) is 17.2 Å². The molecule has 1 amide bonds. The van der Waals surface area contributed by atoms with Crippen LogP contribution >= 0.6 is 0 Å². The second-order valence-corrected chi connectivity index (χ2v) is 3.88. The molecule has 1 rings (SSSR count). The van der Waals surface area contributed by atoms with E-state index in [-0.39, 0.29) is 19.1 Å². The van der Waals surface area contributed by atoms with E-state index in [9.17, 15) is 9.90 Å². The Kier molecular flexibility index (Phi) is 6.63. The van der Waals surface area contributed by atoms with Crippen LogP contribution in [-0.2, 0) is 11.4 Å². The van der Waals surface area contributed by atoms with E-state index < -0.39 is 0 Å². The maximum atomic E-state index is 11.6. The number of nitrogens with one attached hydrogen (secondary N) is 2. The largest absolute Gasteiger partial charge is 0.494 e. The molecule has 0 atom stereocenters. The lowest BCUT2D eigenvalue weighted by Crippen LogP contribution is -2.28. The lowest BCUT2D eigenvalue weighted by molar-refractivity contribution is -0.115. The van der Waals surface area contributed by atoms with E-state index in [1.54, 1.807) is 24.3 Å². The first-order valence-electron chi connectivity index (χ1n) is 6.19. The number of ether oxygens (including phenoxy) is 1. The van der Waals surface area contributed by atoms with Crippen molar-refractivity contribution in [2.45, 2.75) is 13.5 Å². The van der Waals surface area contributed by atoms with Gasteiger partial charge in [0, 0.05) is 17.8 Å². The molecule has 0 heterocycles. The molecule has 0 aliphatic heterocycles. The van der Waals surface area contributed by atoms with Crippen molar-refractivity contribution in [2.75, 3.05) is 25.0 Å². The topological polar surface area (TPSA) is 70.6 Å². The van der Waals surface area contributed by atoms with E-state index in [0.29, 0.717) is 30.2 Å². The fourth-order valence-corrected chi connectivity index (χ4v) is 1.57. The lowest BCUT2D eigenvalue weighted by atomic mass is 10.2. The Morgan fingerprint density at radius 1 is 1.53 bits per heavy atom. The summed E-state index contributed by atoms with van der Waals surface area (Å²) in [5, 5.41) is 14.9. The number of hydrogen-bond acceptors (Lipinski definition) is 4. The van der Waals surface area contributed by atoms with Crippen LogP contribution in [0.3, 0.4) is 0 Å². The first-order valence-corrected chi connectivity index (χ1v) is 6.19. The number of amides is 1. The van der Waals surface area contributed by atoms with Crippen molar-refractivity contribution in [3.05, 3.63) is 36.4 Å². The van der Waals surface area contributed by atoms with Crippen LogP contribution in [0.25, 0.3) is 0 Å². The van der Waals surface area contributed by atoms with E-state index in [0.717, 1.165) is 0 Å². The van der Waals surface area contributed by atoms with E-state index in [4.69, 9.17) is 4.74 Å². The molecular weight excluding hydrogens is 244 g/mol. The zero-order chi connectivity index (χ0) is 14.1. The normalized spacial score (nSPS) is 10.0. The summed E-state index contributed by atoms with van der Waals surface area (Å²) in [6.45, 7) is 6.63. The Morgan fingerprint density at radius 3 is 2.95 bits per heavy atom. The van der Waals surface area contributed by atoms with Crippen molar-refractivity contribution in [1.29, 1.82) is 0 Å². The maximum absolute atomic E-state index is 11.6. The third-order valence-corrected chi connectivity index (χ3v) is 2.39. The smallest absolute Gasteiger partial charge is 0.238 e. The molecule has 0 unspecified atom stereocenters. The number of rotatable bonds is 8. The third kappa shape index (κ3) is 5.11. The second-order valence-electron chi connectivity index (χ2n) is 3.88. The fraction of sp³-hybridized carbons (Fsp3) is 0.357. The van der Waals surface area contributed by atoms with Gasteiger partial charge in [-0.15, -0.1) is 6.58 Å².